The van der Waals surface area contributed by atoms with E-state index in [1.165, 1.54) is 29.5 Å². The van der Waals surface area contributed by atoms with Gasteiger partial charge in [0.1, 0.15) is 6.17 Å². The highest BCUT2D eigenvalue weighted by Crippen LogP contribution is 2.43. The Labute approximate surface area is 145 Å². The Balaban J connectivity index is 1.46. The third-order valence-corrected chi connectivity index (χ3v) is 4.85. The summed E-state index contributed by atoms with van der Waals surface area (Å²) in [6.07, 6.45) is 3.56. The molecule has 1 aliphatic rings. The van der Waals surface area contributed by atoms with Crippen LogP contribution in [0.4, 0.5) is 4.39 Å². The van der Waals surface area contributed by atoms with Crippen molar-refractivity contribution in [2.45, 2.75) is 51.2 Å². The van der Waals surface area contributed by atoms with Gasteiger partial charge in [-0.25, -0.2) is 4.39 Å². The third-order valence-electron chi connectivity index (χ3n) is 4.85. The Morgan fingerprint density at radius 3 is 2.29 bits per heavy atom. The van der Waals surface area contributed by atoms with Gasteiger partial charge >= 0.3 is 0 Å². The molecule has 0 spiro atoms. The minimum atomic E-state index is -0.601. The van der Waals surface area contributed by atoms with Crippen molar-refractivity contribution in [2.24, 2.45) is 0 Å². The highest BCUT2D eigenvalue weighted by Gasteiger charge is 2.38. The average Bonchev–Trinajstić information content (AvgIpc) is 3.33. The van der Waals surface area contributed by atoms with Crippen LogP contribution in [0.3, 0.4) is 0 Å². The molecule has 1 nitrogen and oxygen atoms in total. The lowest BCUT2D eigenvalue weighted by Gasteiger charge is -2.21. The van der Waals surface area contributed by atoms with Crippen LogP contribution in [0.5, 0.6) is 0 Å². The van der Waals surface area contributed by atoms with Gasteiger partial charge in [-0.2, -0.15) is 0 Å². The van der Waals surface area contributed by atoms with Crippen molar-refractivity contribution in [3.05, 3.63) is 71.3 Å². The highest BCUT2D eigenvalue weighted by molar-refractivity contribution is 5.30. The lowest BCUT2D eigenvalue weighted by molar-refractivity contribution is 0.262. The van der Waals surface area contributed by atoms with Crippen LogP contribution in [0.25, 0.3) is 0 Å². The van der Waals surface area contributed by atoms with Gasteiger partial charge in [0.15, 0.2) is 0 Å². The molecule has 0 saturated heterocycles. The predicted octanol–water partition coefficient (Wildman–Crippen LogP) is 5.36. The Morgan fingerprint density at radius 1 is 0.958 bits per heavy atom. The van der Waals surface area contributed by atoms with E-state index < -0.39 is 6.17 Å². The van der Waals surface area contributed by atoms with Crippen LogP contribution in [-0.4, -0.2) is 24.2 Å². The second-order valence-corrected chi connectivity index (χ2v) is 6.97. The number of benzene rings is 2. The van der Waals surface area contributed by atoms with Gasteiger partial charge in [0, 0.05) is 12.5 Å². The van der Waals surface area contributed by atoms with E-state index >= 15 is 0 Å². The molecular formula is C22H28FN. The summed E-state index contributed by atoms with van der Waals surface area (Å²) in [7, 11) is 0. The molecular weight excluding hydrogens is 297 g/mol. The Morgan fingerprint density at radius 2 is 1.67 bits per heavy atom. The highest BCUT2D eigenvalue weighted by atomic mass is 19.1. The fourth-order valence-corrected chi connectivity index (χ4v) is 3.37. The largest absolute Gasteiger partial charge is 0.299 e. The molecule has 0 aliphatic heterocycles. The normalized spacial score (nSPS) is 19.6. The summed E-state index contributed by atoms with van der Waals surface area (Å²) in [6, 6.07) is 19.3. The first kappa shape index (κ1) is 17.2. The maximum absolute atomic E-state index is 13.1. The third kappa shape index (κ3) is 4.91. The van der Waals surface area contributed by atoms with E-state index in [-0.39, 0.29) is 5.92 Å². The molecule has 0 N–H and O–H groups in total. The van der Waals surface area contributed by atoms with Crippen molar-refractivity contribution in [3.63, 3.8) is 0 Å². The van der Waals surface area contributed by atoms with Gasteiger partial charge in [0.25, 0.3) is 0 Å². The van der Waals surface area contributed by atoms with Crippen molar-refractivity contribution in [3.8, 4) is 0 Å². The smallest absolute Gasteiger partial charge is 0.108 e. The van der Waals surface area contributed by atoms with Crippen molar-refractivity contribution in [1.29, 1.82) is 0 Å². The van der Waals surface area contributed by atoms with E-state index in [0.717, 1.165) is 26.1 Å². The molecule has 128 valence electrons. The lowest BCUT2D eigenvalue weighted by atomic mass is 10.0. The summed E-state index contributed by atoms with van der Waals surface area (Å²) in [5, 5.41) is 0. The molecule has 2 aromatic rings. The van der Waals surface area contributed by atoms with Crippen LogP contribution in [0.15, 0.2) is 54.6 Å². The molecule has 24 heavy (non-hydrogen) atoms. The van der Waals surface area contributed by atoms with Crippen molar-refractivity contribution in [2.75, 3.05) is 13.1 Å². The minimum absolute atomic E-state index is 0.171. The molecule has 3 rings (SSSR count). The number of hydrogen-bond donors (Lipinski definition) is 0. The van der Waals surface area contributed by atoms with Crippen LogP contribution in [-0.2, 0) is 13.0 Å². The summed E-state index contributed by atoms with van der Waals surface area (Å²) < 4.78 is 13.1. The van der Waals surface area contributed by atoms with Crippen LogP contribution in [0.1, 0.15) is 48.8 Å². The number of rotatable bonds is 9. The molecule has 1 aliphatic carbocycles. The molecule has 0 bridgehead atoms. The fourth-order valence-electron chi connectivity index (χ4n) is 3.37. The molecule has 0 radical (unpaired) electrons. The molecule has 2 aromatic carbocycles. The molecule has 0 aromatic heterocycles. The molecule has 1 fully saturated rings. The molecule has 2 unspecified atom stereocenters. The summed E-state index contributed by atoms with van der Waals surface area (Å²) in [5.74, 6) is 0.171. The predicted molar refractivity (Wildman–Crippen MR) is 99.0 cm³/mol. The summed E-state index contributed by atoms with van der Waals surface area (Å²) >= 11 is 0. The number of halogens is 1. The van der Waals surface area contributed by atoms with Crippen LogP contribution < -0.4 is 0 Å². The van der Waals surface area contributed by atoms with Crippen LogP contribution >= 0.6 is 0 Å². The zero-order valence-corrected chi connectivity index (χ0v) is 14.6. The summed E-state index contributed by atoms with van der Waals surface area (Å²) in [4.78, 5) is 2.54. The van der Waals surface area contributed by atoms with Gasteiger partial charge in [-0.05, 0) is 55.5 Å². The van der Waals surface area contributed by atoms with Crippen molar-refractivity contribution >= 4 is 0 Å². The van der Waals surface area contributed by atoms with Crippen LogP contribution in [0, 0.1) is 0 Å². The van der Waals surface area contributed by atoms with Gasteiger partial charge in [-0.3, -0.25) is 4.90 Å². The molecule has 1 saturated carbocycles. The second-order valence-electron chi connectivity index (χ2n) is 6.97. The first-order valence-electron chi connectivity index (χ1n) is 9.25. The van der Waals surface area contributed by atoms with Gasteiger partial charge in [0.2, 0.25) is 0 Å². The van der Waals surface area contributed by atoms with Gasteiger partial charge in [-0.15, -0.1) is 0 Å². The lowest BCUT2D eigenvalue weighted by Crippen LogP contribution is -2.25. The average molecular weight is 325 g/mol. The number of alkyl halides is 1. The van der Waals surface area contributed by atoms with E-state index in [0.29, 0.717) is 6.42 Å². The van der Waals surface area contributed by atoms with E-state index in [2.05, 4.69) is 66.4 Å². The van der Waals surface area contributed by atoms with Crippen LogP contribution in [0.2, 0.25) is 0 Å². The zero-order valence-electron chi connectivity index (χ0n) is 14.6. The quantitative estimate of drug-likeness (QED) is 0.600. The topological polar surface area (TPSA) is 3.24 Å². The SMILES string of the molecule is CCCN(CCCc1ccc(C2CC2F)cc1)Cc1ccccc1. The monoisotopic (exact) mass is 325 g/mol. The first-order valence-corrected chi connectivity index (χ1v) is 9.25. The number of nitrogens with zero attached hydrogens (tertiary/aromatic N) is 1. The molecule has 2 heteroatoms. The van der Waals surface area contributed by atoms with E-state index in [4.69, 9.17) is 0 Å². The van der Waals surface area contributed by atoms with E-state index in [1.807, 2.05) is 0 Å². The Kier molecular flexibility index (Phi) is 6.03. The zero-order chi connectivity index (χ0) is 16.8. The Hall–Kier alpha value is -1.67. The molecule has 2 atom stereocenters. The molecule has 0 heterocycles. The van der Waals surface area contributed by atoms with E-state index in [1.54, 1.807) is 0 Å². The second kappa shape index (κ2) is 8.43. The molecule has 0 amide bonds. The number of aryl methyl sites for hydroxylation is 1. The number of hydrogen-bond acceptors (Lipinski definition) is 1. The fraction of sp³-hybridized carbons (Fsp3) is 0.455. The summed E-state index contributed by atoms with van der Waals surface area (Å²) in [6.45, 7) is 5.55. The maximum atomic E-state index is 13.1. The Bertz CT molecular complexity index is 608. The van der Waals surface area contributed by atoms with Gasteiger partial charge < -0.3 is 0 Å². The minimum Gasteiger partial charge on any atom is -0.299 e. The summed E-state index contributed by atoms with van der Waals surface area (Å²) in [5.41, 5.74) is 3.93. The van der Waals surface area contributed by atoms with E-state index in [9.17, 15) is 4.39 Å². The first-order chi connectivity index (χ1) is 11.8. The van der Waals surface area contributed by atoms with Gasteiger partial charge in [-0.1, -0.05) is 61.5 Å². The maximum Gasteiger partial charge on any atom is 0.108 e. The standard InChI is InChI=1S/C22H28FN/c1-2-14-24(17-19-7-4-3-5-8-19)15-6-9-18-10-12-20(13-11-18)21-16-22(21)23/h3-5,7-8,10-13,21-22H,2,6,9,14-17H2,1H3. The van der Waals surface area contributed by atoms with Gasteiger partial charge in [0.05, 0.1) is 0 Å². The van der Waals surface area contributed by atoms with Crippen molar-refractivity contribution in [1.82, 2.24) is 4.90 Å². The van der Waals surface area contributed by atoms with Crippen molar-refractivity contribution < 1.29 is 4.39 Å².